The van der Waals surface area contributed by atoms with E-state index in [4.69, 9.17) is 8.83 Å². The van der Waals surface area contributed by atoms with Crippen LogP contribution in [0.1, 0.15) is 0 Å². The van der Waals surface area contributed by atoms with Gasteiger partial charge in [-0.05, 0) is 99.3 Å². The highest BCUT2D eigenvalue weighted by atomic mass is 16.3. The maximum absolute atomic E-state index is 6.96. The summed E-state index contributed by atoms with van der Waals surface area (Å²) in [6.45, 7) is 0. The number of fused-ring (bicyclic) bond motifs is 7. The highest BCUT2D eigenvalue weighted by molar-refractivity contribution is 6.15. The van der Waals surface area contributed by atoms with Crippen LogP contribution in [0.25, 0.3) is 99.2 Å². The average Bonchev–Trinajstić information content (AvgIpc) is 4.06. The molecule has 4 nitrogen and oxygen atoms in total. The molecule has 0 aliphatic heterocycles. The van der Waals surface area contributed by atoms with Gasteiger partial charge in [-0.15, -0.1) is 0 Å². The Bertz CT molecular complexity index is 4370. The standard InChI is InChI=1S/C70H46N2O2/c1-5-23-47(24-6-1)53-31-13-17-37-62(53)71(64-39-21-35-57-55-33-15-19-41-67(55)73-69(57)64)52-43-51-44-66(61(50-29-11-4-12-30-50)46-60(51)59(45-52)49-27-9-3-10-28-49)72(63-38-18-14-32-54(63)48-25-7-2-8-26-48)65-40-22-36-58-56-34-16-20-42-68(56)74-70(58)65/h1-46H. The molecule has 2 heterocycles. The number of anilines is 6. The summed E-state index contributed by atoms with van der Waals surface area (Å²) < 4.78 is 13.9. The number of furan rings is 2. The van der Waals surface area contributed by atoms with Gasteiger partial charge in [-0.1, -0.05) is 218 Å². The Morgan fingerprint density at radius 3 is 1.15 bits per heavy atom. The lowest BCUT2D eigenvalue weighted by Crippen LogP contribution is -2.13. The van der Waals surface area contributed by atoms with Crippen molar-refractivity contribution in [2.24, 2.45) is 0 Å². The number of para-hydroxylation sites is 6. The summed E-state index contributed by atoms with van der Waals surface area (Å²) >= 11 is 0. The molecule has 2 aromatic heterocycles. The number of benzene rings is 12. The molecule has 0 atom stereocenters. The quantitative estimate of drug-likeness (QED) is 0.137. The first-order valence-electron chi connectivity index (χ1n) is 25.2. The minimum absolute atomic E-state index is 0.817. The van der Waals surface area contributed by atoms with Crippen molar-refractivity contribution in [3.05, 3.63) is 279 Å². The lowest BCUT2D eigenvalue weighted by atomic mass is 9.91. The fraction of sp³-hybridized carbons (Fsp3) is 0. The molecule has 14 rings (SSSR count). The fourth-order valence-electron chi connectivity index (χ4n) is 11.1. The fourth-order valence-corrected chi connectivity index (χ4v) is 11.1. The predicted molar refractivity (Wildman–Crippen MR) is 310 cm³/mol. The number of nitrogens with zero attached hydrogens (tertiary/aromatic N) is 2. The van der Waals surface area contributed by atoms with Crippen LogP contribution in [-0.2, 0) is 0 Å². The van der Waals surface area contributed by atoms with Crippen molar-refractivity contribution in [3.63, 3.8) is 0 Å². The second-order valence-electron chi connectivity index (χ2n) is 18.8. The average molecular weight is 947 g/mol. The molecule has 4 heteroatoms. The molecule has 0 bridgehead atoms. The van der Waals surface area contributed by atoms with Crippen LogP contribution in [0.2, 0.25) is 0 Å². The number of rotatable bonds is 10. The molecule has 0 fully saturated rings. The van der Waals surface area contributed by atoms with E-state index in [1.54, 1.807) is 0 Å². The monoisotopic (exact) mass is 946 g/mol. The van der Waals surface area contributed by atoms with Crippen LogP contribution in [0, 0.1) is 0 Å². The summed E-state index contributed by atoms with van der Waals surface area (Å²) in [5.41, 5.74) is 18.1. The topological polar surface area (TPSA) is 32.8 Å². The van der Waals surface area contributed by atoms with Gasteiger partial charge < -0.3 is 18.6 Å². The number of hydrogen-bond donors (Lipinski definition) is 0. The molecule has 0 radical (unpaired) electrons. The largest absolute Gasteiger partial charge is 0.454 e. The van der Waals surface area contributed by atoms with Crippen LogP contribution in [0.5, 0.6) is 0 Å². The summed E-state index contributed by atoms with van der Waals surface area (Å²) in [5.74, 6) is 0. The Morgan fingerprint density at radius 1 is 0.230 bits per heavy atom. The van der Waals surface area contributed by atoms with Crippen molar-refractivity contribution in [1.82, 2.24) is 0 Å². The molecular formula is C70H46N2O2. The van der Waals surface area contributed by atoms with Gasteiger partial charge in [0.25, 0.3) is 0 Å². The van der Waals surface area contributed by atoms with Crippen molar-refractivity contribution in [1.29, 1.82) is 0 Å². The van der Waals surface area contributed by atoms with E-state index in [1.165, 1.54) is 0 Å². The Hall–Kier alpha value is -9.90. The van der Waals surface area contributed by atoms with Crippen LogP contribution in [-0.4, -0.2) is 0 Å². The molecule has 0 N–H and O–H groups in total. The molecule has 0 saturated carbocycles. The summed E-state index contributed by atoms with van der Waals surface area (Å²) in [6.07, 6.45) is 0. The van der Waals surface area contributed by atoms with Gasteiger partial charge in [0.05, 0.1) is 28.4 Å². The van der Waals surface area contributed by atoms with Crippen molar-refractivity contribution < 1.29 is 8.83 Å². The van der Waals surface area contributed by atoms with Gasteiger partial charge >= 0.3 is 0 Å². The summed E-state index contributed by atoms with van der Waals surface area (Å²) in [6, 6.07) is 99.7. The van der Waals surface area contributed by atoms with E-state index in [-0.39, 0.29) is 0 Å². The first kappa shape index (κ1) is 42.9. The van der Waals surface area contributed by atoms with Crippen molar-refractivity contribution in [3.8, 4) is 44.5 Å². The normalized spacial score (nSPS) is 11.5. The molecule has 0 unspecified atom stereocenters. The zero-order valence-electron chi connectivity index (χ0n) is 40.3. The van der Waals surface area contributed by atoms with Gasteiger partial charge in [0.15, 0.2) is 11.2 Å². The van der Waals surface area contributed by atoms with Crippen LogP contribution >= 0.6 is 0 Å². The molecule has 0 saturated heterocycles. The van der Waals surface area contributed by atoms with Crippen molar-refractivity contribution >= 4 is 88.8 Å². The van der Waals surface area contributed by atoms with Gasteiger partial charge in [-0.2, -0.15) is 0 Å². The van der Waals surface area contributed by atoms with Gasteiger partial charge in [0.1, 0.15) is 11.2 Å². The predicted octanol–water partition coefficient (Wildman–Crippen LogP) is 20.2. The SMILES string of the molecule is c1ccc(-c2ccccc2N(c2cc(-c3ccccc3)c3cc(-c4ccccc4)c(N(c4ccccc4-c4ccccc4)c4cccc5c4oc4ccccc45)cc3c2)c2cccc3c2oc2ccccc23)cc1. The minimum Gasteiger partial charge on any atom is -0.454 e. The van der Waals surface area contributed by atoms with Crippen molar-refractivity contribution in [2.75, 3.05) is 9.80 Å². The van der Waals surface area contributed by atoms with Crippen molar-refractivity contribution in [2.45, 2.75) is 0 Å². The third-order valence-electron chi connectivity index (χ3n) is 14.4. The van der Waals surface area contributed by atoms with Crippen LogP contribution < -0.4 is 9.80 Å². The second kappa shape index (κ2) is 18.1. The molecule has 0 amide bonds. The van der Waals surface area contributed by atoms with Gasteiger partial charge in [0.2, 0.25) is 0 Å². The smallest absolute Gasteiger partial charge is 0.159 e. The molecule has 348 valence electrons. The Labute approximate surface area is 428 Å². The molecule has 12 aromatic carbocycles. The summed E-state index contributed by atoms with van der Waals surface area (Å²) in [4.78, 5) is 4.84. The van der Waals surface area contributed by atoms with Gasteiger partial charge in [-0.25, -0.2) is 0 Å². The van der Waals surface area contributed by atoms with Gasteiger partial charge in [0, 0.05) is 43.9 Å². The molecule has 0 aliphatic carbocycles. The van der Waals surface area contributed by atoms with E-state index in [1.807, 2.05) is 12.1 Å². The lowest BCUT2D eigenvalue weighted by molar-refractivity contribution is 0.669. The summed E-state index contributed by atoms with van der Waals surface area (Å²) in [5, 5.41) is 6.47. The zero-order valence-corrected chi connectivity index (χ0v) is 40.3. The van der Waals surface area contributed by atoms with Crippen LogP contribution in [0.4, 0.5) is 34.1 Å². The van der Waals surface area contributed by atoms with E-state index in [9.17, 15) is 0 Å². The Balaban J connectivity index is 1.12. The van der Waals surface area contributed by atoms with E-state index in [0.717, 1.165) is 133 Å². The number of hydrogen-bond acceptors (Lipinski definition) is 4. The minimum atomic E-state index is 0.817. The molecule has 0 aliphatic rings. The zero-order chi connectivity index (χ0) is 49.0. The Morgan fingerprint density at radius 2 is 0.622 bits per heavy atom. The maximum Gasteiger partial charge on any atom is 0.159 e. The summed E-state index contributed by atoms with van der Waals surface area (Å²) in [7, 11) is 0. The Kier molecular flexibility index (Phi) is 10.5. The third kappa shape index (κ3) is 7.31. The first-order valence-corrected chi connectivity index (χ1v) is 25.2. The van der Waals surface area contributed by atoms with E-state index in [0.29, 0.717) is 0 Å². The molecule has 14 aromatic rings. The van der Waals surface area contributed by atoms with Crippen LogP contribution in [0.3, 0.4) is 0 Å². The molecule has 74 heavy (non-hydrogen) atoms. The third-order valence-corrected chi connectivity index (χ3v) is 14.4. The molecular weight excluding hydrogens is 901 g/mol. The van der Waals surface area contributed by atoms with Gasteiger partial charge in [-0.3, -0.25) is 0 Å². The first-order chi connectivity index (χ1) is 36.7. The maximum atomic E-state index is 6.96. The molecule has 0 spiro atoms. The van der Waals surface area contributed by atoms with E-state index < -0.39 is 0 Å². The highest BCUT2D eigenvalue weighted by Gasteiger charge is 2.28. The lowest BCUT2D eigenvalue weighted by Gasteiger charge is -2.31. The van der Waals surface area contributed by atoms with Crippen LogP contribution in [0.15, 0.2) is 288 Å². The van der Waals surface area contributed by atoms with E-state index in [2.05, 4.69) is 277 Å². The second-order valence-corrected chi connectivity index (χ2v) is 18.8. The highest BCUT2D eigenvalue weighted by Crippen LogP contribution is 2.52. The van der Waals surface area contributed by atoms with E-state index >= 15 is 0 Å².